The van der Waals surface area contributed by atoms with Crippen LogP contribution in [0.3, 0.4) is 0 Å². The first-order chi connectivity index (χ1) is 19.8. The minimum absolute atomic E-state index is 0.0120. The number of nitrogens with zero attached hydrogens (tertiary/aromatic N) is 5. The van der Waals surface area contributed by atoms with Gasteiger partial charge in [-0.3, -0.25) is 14.6 Å². The van der Waals surface area contributed by atoms with Gasteiger partial charge in [0.05, 0.1) is 31.4 Å². The summed E-state index contributed by atoms with van der Waals surface area (Å²) in [6, 6.07) is 4.82. The molecule has 1 unspecified atom stereocenters. The SMILES string of the molecule is N/C(=C\N(N)CCC(F)Cn1cc(NC(=O)Cc2cc(OC(F)(F)F)ccc2F)nn1)C(=O)NCc1ncccc1F. The Balaban J connectivity index is 1.43. The highest BCUT2D eigenvalue weighted by Crippen LogP contribution is 2.25. The van der Waals surface area contributed by atoms with E-state index in [2.05, 4.69) is 30.7 Å². The van der Waals surface area contributed by atoms with E-state index in [0.29, 0.717) is 0 Å². The molecule has 0 spiro atoms. The van der Waals surface area contributed by atoms with Gasteiger partial charge in [0.25, 0.3) is 5.91 Å². The van der Waals surface area contributed by atoms with Crippen molar-refractivity contribution in [2.24, 2.45) is 11.6 Å². The number of pyridine rings is 1. The third kappa shape index (κ3) is 10.3. The van der Waals surface area contributed by atoms with Gasteiger partial charge in [-0.05, 0) is 36.8 Å². The Morgan fingerprint density at radius 3 is 2.67 bits per heavy atom. The first-order valence-corrected chi connectivity index (χ1v) is 12.0. The monoisotopic (exact) mass is 601 g/mol. The second kappa shape index (κ2) is 14.2. The van der Waals surface area contributed by atoms with Crippen molar-refractivity contribution in [3.63, 3.8) is 0 Å². The molecular formula is C24H25F6N9O3. The van der Waals surface area contributed by atoms with Gasteiger partial charge in [0.15, 0.2) is 5.82 Å². The molecule has 2 amide bonds. The summed E-state index contributed by atoms with van der Waals surface area (Å²) in [5.74, 6) is 1.86. The third-order valence-electron chi connectivity index (χ3n) is 5.31. The summed E-state index contributed by atoms with van der Waals surface area (Å²) in [5.41, 5.74) is 5.02. The molecule has 0 aliphatic carbocycles. The number of hydrazine groups is 1. The molecule has 3 rings (SSSR count). The molecule has 0 saturated heterocycles. The Bertz CT molecular complexity index is 1420. The average Bonchev–Trinajstić information content (AvgIpc) is 3.34. The summed E-state index contributed by atoms with van der Waals surface area (Å²) >= 11 is 0. The number of carbonyl (C=O) groups excluding carboxylic acids is 2. The molecule has 1 atom stereocenters. The molecule has 6 N–H and O–H groups in total. The number of hydrogen-bond donors (Lipinski definition) is 4. The van der Waals surface area contributed by atoms with Crippen molar-refractivity contribution >= 4 is 17.6 Å². The zero-order valence-corrected chi connectivity index (χ0v) is 21.6. The number of anilines is 1. The van der Waals surface area contributed by atoms with Gasteiger partial charge in [-0.2, -0.15) is 0 Å². The number of ether oxygens (including phenoxy) is 1. The van der Waals surface area contributed by atoms with E-state index < -0.39 is 48.2 Å². The molecular weight excluding hydrogens is 576 g/mol. The van der Waals surface area contributed by atoms with E-state index >= 15 is 0 Å². The predicted octanol–water partition coefficient (Wildman–Crippen LogP) is 2.05. The van der Waals surface area contributed by atoms with Crippen LogP contribution in [0, 0.1) is 11.6 Å². The fourth-order valence-electron chi connectivity index (χ4n) is 3.39. The molecule has 18 heteroatoms. The van der Waals surface area contributed by atoms with Crippen molar-refractivity contribution in [2.75, 3.05) is 11.9 Å². The molecule has 0 radical (unpaired) electrons. The maximum absolute atomic E-state index is 14.5. The van der Waals surface area contributed by atoms with Gasteiger partial charge in [-0.15, -0.1) is 18.3 Å². The molecule has 1 aromatic carbocycles. The quantitative estimate of drug-likeness (QED) is 0.0993. The van der Waals surface area contributed by atoms with Crippen LogP contribution in [0.5, 0.6) is 5.75 Å². The number of alkyl halides is 4. The van der Waals surface area contributed by atoms with Gasteiger partial charge in [0.1, 0.15) is 29.3 Å². The third-order valence-corrected chi connectivity index (χ3v) is 5.31. The average molecular weight is 602 g/mol. The number of halogens is 6. The van der Waals surface area contributed by atoms with Crippen molar-refractivity contribution in [3.05, 3.63) is 77.5 Å². The van der Waals surface area contributed by atoms with Crippen LogP contribution in [-0.4, -0.2) is 55.9 Å². The van der Waals surface area contributed by atoms with E-state index in [1.165, 1.54) is 24.5 Å². The largest absolute Gasteiger partial charge is 0.573 e. The Kier molecular flexibility index (Phi) is 10.7. The molecule has 3 aromatic rings. The molecule has 226 valence electrons. The first-order valence-electron chi connectivity index (χ1n) is 12.0. The lowest BCUT2D eigenvalue weighted by atomic mass is 10.1. The summed E-state index contributed by atoms with van der Waals surface area (Å²) in [4.78, 5) is 28.1. The number of benzene rings is 1. The van der Waals surface area contributed by atoms with E-state index in [4.69, 9.17) is 11.6 Å². The van der Waals surface area contributed by atoms with Crippen LogP contribution in [0.1, 0.15) is 17.7 Å². The van der Waals surface area contributed by atoms with E-state index in [9.17, 15) is 35.9 Å². The van der Waals surface area contributed by atoms with Crippen LogP contribution in [0.4, 0.5) is 32.2 Å². The minimum Gasteiger partial charge on any atom is -0.406 e. The Labute approximate surface area is 234 Å². The molecule has 0 saturated carbocycles. The molecule has 0 aliphatic heterocycles. The van der Waals surface area contributed by atoms with Gasteiger partial charge in [0, 0.05) is 24.5 Å². The van der Waals surface area contributed by atoms with Crippen LogP contribution >= 0.6 is 0 Å². The molecule has 12 nitrogen and oxygen atoms in total. The van der Waals surface area contributed by atoms with E-state index in [1.54, 1.807) is 0 Å². The van der Waals surface area contributed by atoms with Crippen molar-refractivity contribution in [2.45, 2.75) is 38.5 Å². The van der Waals surface area contributed by atoms with Crippen LogP contribution < -0.4 is 26.9 Å². The van der Waals surface area contributed by atoms with Crippen LogP contribution in [0.15, 0.2) is 54.6 Å². The van der Waals surface area contributed by atoms with Crippen molar-refractivity contribution in [1.29, 1.82) is 0 Å². The lowest BCUT2D eigenvalue weighted by Gasteiger charge is -2.16. The van der Waals surface area contributed by atoms with Gasteiger partial charge in [0.2, 0.25) is 5.91 Å². The summed E-state index contributed by atoms with van der Waals surface area (Å²) in [6.45, 7) is -0.568. The highest BCUT2D eigenvalue weighted by molar-refractivity contribution is 5.92. The summed E-state index contributed by atoms with van der Waals surface area (Å²) < 4.78 is 84.0. The zero-order chi connectivity index (χ0) is 30.9. The maximum Gasteiger partial charge on any atom is 0.573 e. The molecule has 0 fully saturated rings. The van der Waals surface area contributed by atoms with Crippen LogP contribution in [-0.2, 0) is 29.1 Å². The van der Waals surface area contributed by atoms with E-state index in [-0.39, 0.29) is 48.8 Å². The second-order valence-corrected chi connectivity index (χ2v) is 8.67. The van der Waals surface area contributed by atoms with Crippen LogP contribution in [0.2, 0.25) is 0 Å². The topological polar surface area (TPSA) is 166 Å². The van der Waals surface area contributed by atoms with E-state index in [0.717, 1.165) is 34.1 Å². The first kappa shape index (κ1) is 31.7. The molecule has 42 heavy (non-hydrogen) atoms. The predicted molar refractivity (Wildman–Crippen MR) is 134 cm³/mol. The fourth-order valence-corrected chi connectivity index (χ4v) is 3.39. The summed E-state index contributed by atoms with van der Waals surface area (Å²) in [6.07, 6.45) is -3.62. The number of amides is 2. The number of hydrogen-bond acceptors (Lipinski definition) is 9. The summed E-state index contributed by atoms with van der Waals surface area (Å²) in [5, 5.41) is 13.0. The number of rotatable bonds is 13. The Morgan fingerprint density at radius 1 is 1.19 bits per heavy atom. The Hall–Kier alpha value is -4.87. The molecule has 2 heterocycles. The van der Waals surface area contributed by atoms with E-state index in [1.807, 2.05) is 0 Å². The molecule has 0 aliphatic rings. The molecule has 0 bridgehead atoms. The van der Waals surface area contributed by atoms with Gasteiger partial charge < -0.3 is 26.1 Å². The van der Waals surface area contributed by atoms with Crippen molar-refractivity contribution < 1.29 is 40.7 Å². The lowest BCUT2D eigenvalue weighted by molar-refractivity contribution is -0.274. The standard InChI is InChI=1S/C24H25F6N9O3/c25-15(5-7-38(32)12-19(31)23(41)34-10-20-18(27)2-1-6-33-20)11-39-13-21(36-37-39)35-22(40)9-14-8-16(3-4-17(14)26)42-24(28,29)30/h1-4,6,8,12-13,15H,5,7,9-11,31-32H2,(H,34,41)(H,35,40)/b19-12-. The second-order valence-electron chi connectivity index (χ2n) is 8.67. The smallest absolute Gasteiger partial charge is 0.406 e. The normalized spacial score (nSPS) is 12.5. The van der Waals surface area contributed by atoms with Gasteiger partial charge in [-0.25, -0.2) is 23.7 Å². The van der Waals surface area contributed by atoms with Crippen molar-refractivity contribution in [1.82, 2.24) is 30.3 Å². The summed E-state index contributed by atoms with van der Waals surface area (Å²) in [7, 11) is 0. The number of nitrogens with two attached hydrogens (primary N) is 2. The zero-order valence-electron chi connectivity index (χ0n) is 21.6. The lowest BCUT2D eigenvalue weighted by Crippen LogP contribution is -2.34. The van der Waals surface area contributed by atoms with Gasteiger partial charge in [-0.1, -0.05) is 5.21 Å². The Morgan fingerprint density at radius 2 is 1.95 bits per heavy atom. The minimum atomic E-state index is -4.99. The highest BCUT2D eigenvalue weighted by Gasteiger charge is 2.31. The van der Waals surface area contributed by atoms with Gasteiger partial charge >= 0.3 is 6.36 Å². The molecule has 2 aromatic heterocycles. The maximum atomic E-state index is 14.5. The highest BCUT2D eigenvalue weighted by atomic mass is 19.4. The fraction of sp³-hybridized carbons (Fsp3) is 0.292. The van der Waals surface area contributed by atoms with Crippen molar-refractivity contribution in [3.8, 4) is 5.75 Å². The number of nitrogens with one attached hydrogen (secondary N) is 2. The number of carbonyl (C=O) groups is 2. The van der Waals surface area contributed by atoms with Crippen LogP contribution in [0.25, 0.3) is 0 Å². The number of aromatic nitrogens is 4.